The molecule has 0 spiro atoms. The monoisotopic (exact) mass is 212 g/mol. The summed E-state index contributed by atoms with van der Waals surface area (Å²) in [5.74, 6) is 0.715. The first-order valence-corrected chi connectivity index (χ1v) is 6.40. The van der Waals surface area contributed by atoms with E-state index in [0.717, 1.165) is 26.2 Å². The van der Waals surface area contributed by atoms with Crippen LogP contribution in [0.1, 0.15) is 32.6 Å². The van der Waals surface area contributed by atoms with Crippen molar-refractivity contribution in [2.45, 2.75) is 44.8 Å². The van der Waals surface area contributed by atoms with E-state index in [0.29, 0.717) is 5.92 Å². The number of nitrogens with two attached hydrogens (primary N) is 1. The zero-order valence-corrected chi connectivity index (χ0v) is 9.82. The summed E-state index contributed by atoms with van der Waals surface area (Å²) in [6, 6.07) is 0.266. The van der Waals surface area contributed by atoms with Crippen LogP contribution in [0.3, 0.4) is 0 Å². The fourth-order valence-corrected chi connectivity index (χ4v) is 2.90. The summed E-state index contributed by atoms with van der Waals surface area (Å²) in [7, 11) is 0. The normalized spacial score (nSPS) is 32.0. The molecular formula is C12H24N2O. The second-order valence-electron chi connectivity index (χ2n) is 4.92. The molecule has 0 radical (unpaired) electrons. The molecule has 2 atom stereocenters. The minimum Gasteiger partial charge on any atom is -0.374 e. The maximum atomic E-state index is 6.32. The van der Waals surface area contributed by atoms with E-state index >= 15 is 0 Å². The second-order valence-corrected chi connectivity index (χ2v) is 4.92. The summed E-state index contributed by atoms with van der Waals surface area (Å²) in [5.41, 5.74) is 6.32. The summed E-state index contributed by atoms with van der Waals surface area (Å²) in [6.07, 6.45) is 5.63. The van der Waals surface area contributed by atoms with Crippen LogP contribution in [-0.4, -0.2) is 43.3 Å². The van der Waals surface area contributed by atoms with Crippen molar-refractivity contribution >= 4 is 0 Å². The van der Waals surface area contributed by atoms with E-state index < -0.39 is 0 Å². The van der Waals surface area contributed by atoms with Crippen LogP contribution in [0, 0.1) is 5.92 Å². The van der Waals surface area contributed by atoms with Gasteiger partial charge in [0.25, 0.3) is 0 Å². The smallest absolute Gasteiger partial charge is 0.0855 e. The molecule has 2 unspecified atom stereocenters. The Morgan fingerprint density at radius 3 is 2.80 bits per heavy atom. The van der Waals surface area contributed by atoms with Gasteiger partial charge in [-0.3, -0.25) is 4.90 Å². The SMILES string of the molecule is CCN1CCOC(C(N)C2CCCC2)C1. The zero-order valence-electron chi connectivity index (χ0n) is 9.82. The molecule has 3 heteroatoms. The molecule has 15 heavy (non-hydrogen) atoms. The highest BCUT2D eigenvalue weighted by atomic mass is 16.5. The number of nitrogens with zero attached hydrogens (tertiary/aromatic N) is 1. The molecule has 2 N–H and O–H groups in total. The average Bonchev–Trinajstić information content (AvgIpc) is 2.81. The molecule has 1 aliphatic carbocycles. The Morgan fingerprint density at radius 2 is 2.13 bits per heavy atom. The molecule has 1 heterocycles. The van der Waals surface area contributed by atoms with Gasteiger partial charge in [-0.15, -0.1) is 0 Å². The molecule has 0 aromatic heterocycles. The van der Waals surface area contributed by atoms with Crippen molar-refractivity contribution < 1.29 is 4.74 Å². The third-order valence-corrected chi connectivity index (χ3v) is 4.00. The van der Waals surface area contributed by atoms with E-state index in [9.17, 15) is 0 Å². The number of hydrogen-bond donors (Lipinski definition) is 1. The van der Waals surface area contributed by atoms with E-state index in [1.165, 1.54) is 25.7 Å². The predicted octanol–water partition coefficient (Wildman–Crippen LogP) is 1.22. The fraction of sp³-hybridized carbons (Fsp3) is 1.00. The molecule has 3 nitrogen and oxygen atoms in total. The van der Waals surface area contributed by atoms with Crippen molar-refractivity contribution in [3.8, 4) is 0 Å². The van der Waals surface area contributed by atoms with E-state index in [4.69, 9.17) is 10.5 Å². The number of hydrogen-bond acceptors (Lipinski definition) is 3. The Balaban J connectivity index is 1.85. The topological polar surface area (TPSA) is 38.5 Å². The van der Waals surface area contributed by atoms with Crippen molar-refractivity contribution in [1.82, 2.24) is 4.90 Å². The van der Waals surface area contributed by atoms with Gasteiger partial charge in [-0.25, -0.2) is 0 Å². The van der Waals surface area contributed by atoms with Gasteiger partial charge in [-0.2, -0.15) is 0 Å². The van der Waals surface area contributed by atoms with Crippen LogP contribution in [0.4, 0.5) is 0 Å². The van der Waals surface area contributed by atoms with Gasteiger partial charge in [-0.1, -0.05) is 19.8 Å². The van der Waals surface area contributed by atoms with Crippen molar-refractivity contribution in [3.63, 3.8) is 0 Å². The van der Waals surface area contributed by atoms with E-state index in [1.807, 2.05) is 0 Å². The van der Waals surface area contributed by atoms with Crippen molar-refractivity contribution in [1.29, 1.82) is 0 Å². The zero-order chi connectivity index (χ0) is 10.7. The number of ether oxygens (including phenoxy) is 1. The van der Waals surface area contributed by atoms with E-state index in [-0.39, 0.29) is 12.1 Å². The first-order chi connectivity index (χ1) is 7.31. The molecule has 0 bridgehead atoms. The number of morpholine rings is 1. The number of rotatable bonds is 3. The molecule has 88 valence electrons. The molecule has 2 fully saturated rings. The predicted molar refractivity (Wildman–Crippen MR) is 61.8 cm³/mol. The van der Waals surface area contributed by atoms with Gasteiger partial charge in [0.15, 0.2) is 0 Å². The van der Waals surface area contributed by atoms with Crippen LogP contribution in [0.5, 0.6) is 0 Å². The van der Waals surface area contributed by atoms with Gasteiger partial charge >= 0.3 is 0 Å². The molecule has 1 aliphatic heterocycles. The van der Waals surface area contributed by atoms with Gasteiger partial charge in [0.2, 0.25) is 0 Å². The second kappa shape index (κ2) is 5.28. The molecular weight excluding hydrogens is 188 g/mol. The lowest BCUT2D eigenvalue weighted by Gasteiger charge is -2.37. The third kappa shape index (κ3) is 2.71. The number of likely N-dealkylation sites (N-methyl/N-ethyl adjacent to an activating group) is 1. The van der Waals surface area contributed by atoms with Crippen LogP contribution in [0.2, 0.25) is 0 Å². The summed E-state index contributed by atoms with van der Waals surface area (Å²) in [6.45, 7) is 6.30. The van der Waals surface area contributed by atoms with Gasteiger partial charge in [0, 0.05) is 19.1 Å². The van der Waals surface area contributed by atoms with Gasteiger partial charge in [0.1, 0.15) is 0 Å². The van der Waals surface area contributed by atoms with E-state index in [2.05, 4.69) is 11.8 Å². The third-order valence-electron chi connectivity index (χ3n) is 4.00. The molecule has 2 rings (SSSR count). The fourth-order valence-electron chi connectivity index (χ4n) is 2.90. The Kier molecular flexibility index (Phi) is 4.00. The highest BCUT2D eigenvalue weighted by Crippen LogP contribution is 2.29. The average molecular weight is 212 g/mol. The largest absolute Gasteiger partial charge is 0.374 e. The quantitative estimate of drug-likeness (QED) is 0.764. The summed E-state index contributed by atoms with van der Waals surface area (Å²) in [5, 5.41) is 0. The van der Waals surface area contributed by atoms with Crippen molar-refractivity contribution in [2.75, 3.05) is 26.2 Å². The van der Waals surface area contributed by atoms with Crippen LogP contribution < -0.4 is 5.73 Å². The maximum absolute atomic E-state index is 6.32. The molecule has 0 amide bonds. The van der Waals surface area contributed by atoms with Crippen LogP contribution in [0.25, 0.3) is 0 Å². The molecule has 1 saturated carbocycles. The standard InChI is InChI=1S/C12H24N2O/c1-2-14-7-8-15-11(9-14)12(13)10-5-3-4-6-10/h10-12H,2-9,13H2,1H3. The van der Waals surface area contributed by atoms with Gasteiger partial charge in [-0.05, 0) is 25.3 Å². The summed E-state index contributed by atoms with van der Waals surface area (Å²) in [4.78, 5) is 2.45. The maximum Gasteiger partial charge on any atom is 0.0855 e. The summed E-state index contributed by atoms with van der Waals surface area (Å²) < 4.78 is 5.82. The van der Waals surface area contributed by atoms with E-state index in [1.54, 1.807) is 0 Å². The highest BCUT2D eigenvalue weighted by molar-refractivity contribution is 4.87. The Labute approximate surface area is 93.0 Å². The minimum absolute atomic E-state index is 0.266. The Hall–Kier alpha value is -0.120. The first kappa shape index (κ1) is 11.4. The lowest BCUT2D eigenvalue weighted by Crippen LogP contribution is -2.52. The Morgan fingerprint density at radius 1 is 1.40 bits per heavy atom. The lowest BCUT2D eigenvalue weighted by atomic mass is 9.93. The molecule has 2 aliphatic rings. The molecule has 0 aromatic carbocycles. The minimum atomic E-state index is 0.266. The van der Waals surface area contributed by atoms with Crippen LogP contribution >= 0.6 is 0 Å². The van der Waals surface area contributed by atoms with Crippen LogP contribution in [-0.2, 0) is 4.74 Å². The van der Waals surface area contributed by atoms with Crippen LogP contribution in [0.15, 0.2) is 0 Å². The first-order valence-electron chi connectivity index (χ1n) is 6.40. The highest BCUT2D eigenvalue weighted by Gasteiger charge is 2.31. The summed E-state index contributed by atoms with van der Waals surface area (Å²) >= 11 is 0. The Bertz CT molecular complexity index is 192. The van der Waals surface area contributed by atoms with Gasteiger partial charge in [0.05, 0.1) is 12.7 Å². The lowest BCUT2D eigenvalue weighted by molar-refractivity contribution is -0.0473. The molecule has 0 aromatic rings. The molecule has 1 saturated heterocycles. The van der Waals surface area contributed by atoms with Crippen molar-refractivity contribution in [3.05, 3.63) is 0 Å². The van der Waals surface area contributed by atoms with Crippen molar-refractivity contribution in [2.24, 2.45) is 11.7 Å². The van der Waals surface area contributed by atoms with Gasteiger partial charge < -0.3 is 10.5 Å².